The maximum atomic E-state index is 9.52. The van der Waals surface area contributed by atoms with E-state index in [-0.39, 0.29) is 19.1 Å². The van der Waals surface area contributed by atoms with Crippen molar-refractivity contribution in [1.29, 1.82) is 0 Å². The molecule has 0 rings (SSSR count). The Morgan fingerprint density at radius 2 is 2.08 bits per heavy atom. The van der Waals surface area contributed by atoms with Crippen LogP contribution in [0.15, 0.2) is 12.7 Å². The Labute approximate surface area is 73.4 Å². The summed E-state index contributed by atoms with van der Waals surface area (Å²) in [4.78, 5) is 0. The SMILES string of the molecule is C=CC(O)(CO)CCC(C)CO. The Morgan fingerprint density at radius 3 is 2.42 bits per heavy atom. The predicted octanol–water partition coefficient (Wildman–Crippen LogP) is 0.304. The highest BCUT2D eigenvalue weighted by atomic mass is 16.3. The summed E-state index contributed by atoms with van der Waals surface area (Å²) in [5.41, 5.74) is -1.18. The van der Waals surface area contributed by atoms with E-state index in [0.29, 0.717) is 12.8 Å². The molecule has 3 heteroatoms. The normalized spacial score (nSPS) is 18.3. The van der Waals surface area contributed by atoms with Gasteiger partial charge in [0.15, 0.2) is 0 Å². The van der Waals surface area contributed by atoms with Gasteiger partial charge in [-0.2, -0.15) is 0 Å². The average Bonchev–Trinajstić information content (AvgIpc) is 2.13. The maximum Gasteiger partial charge on any atom is 0.105 e. The first-order valence-corrected chi connectivity index (χ1v) is 4.15. The quantitative estimate of drug-likeness (QED) is 0.508. The van der Waals surface area contributed by atoms with Crippen LogP contribution in [0.1, 0.15) is 19.8 Å². The van der Waals surface area contributed by atoms with Crippen LogP contribution < -0.4 is 0 Å². The summed E-state index contributed by atoms with van der Waals surface area (Å²) < 4.78 is 0. The molecule has 72 valence electrons. The monoisotopic (exact) mass is 174 g/mol. The molecule has 0 aliphatic rings. The van der Waals surface area contributed by atoms with Gasteiger partial charge in [-0.3, -0.25) is 0 Å². The number of aliphatic hydroxyl groups is 3. The number of aliphatic hydroxyl groups excluding tert-OH is 2. The van der Waals surface area contributed by atoms with Gasteiger partial charge in [-0.15, -0.1) is 6.58 Å². The summed E-state index contributed by atoms with van der Waals surface area (Å²) in [6.07, 6.45) is 2.46. The molecule has 0 amide bonds. The minimum Gasteiger partial charge on any atom is -0.396 e. The van der Waals surface area contributed by atoms with Crippen LogP contribution in [-0.2, 0) is 0 Å². The fourth-order valence-electron chi connectivity index (χ4n) is 0.833. The molecule has 12 heavy (non-hydrogen) atoms. The second-order valence-electron chi connectivity index (χ2n) is 3.29. The summed E-state index contributed by atoms with van der Waals surface area (Å²) in [5.74, 6) is 0.156. The van der Waals surface area contributed by atoms with Crippen LogP contribution in [0.3, 0.4) is 0 Å². The lowest BCUT2D eigenvalue weighted by Crippen LogP contribution is -2.31. The van der Waals surface area contributed by atoms with E-state index in [1.165, 1.54) is 6.08 Å². The van der Waals surface area contributed by atoms with Gasteiger partial charge in [-0.25, -0.2) is 0 Å². The van der Waals surface area contributed by atoms with Gasteiger partial charge in [-0.1, -0.05) is 13.0 Å². The van der Waals surface area contributed by atoms with Gasteiger partial charge in [0.2, 0.25) is 0 Å². The number of hydrogen-bond donors (Lipinski definition) is 3. The molecule has 0 aromatic heterocycles. The zero-order valence-corrected chi connectivity index (χ0v) is 7.53. The highest BCUT2D eigenvalue weighted by molar-refractivity contribution is 4.95. The molecule has 3 nitrogen and oxygen atoms in total. The summed E-state index contributed by atoms with van der Waals surface area (Å²) >= 11 is 0. The number of rotatable bonds is 6. The van der Waals surface area contributed by atoms with Crippen molar-refractivity contribution in [2.75, 3.05) is 13.2 Å². The second-order valence-corrected chi connectivity index (χ2v) is 3.29. The topological polar surface area (TPSA) is 60.7 Å². The van der Waals surface area contributed by atoms with Crippen molar-refractivity contribution in [2.24, 2.45) is 5.92 Å². The Hall–Kier alpha value is -0.380. The average molecular weight is 174 g/mol. The molecule has 3 N–H and O–H groups in total. The minimum absolute atomic E-state index is 0.110. The maximum absolute atomic E-state index is 9.52. The van der Waals surface area contributed by atoms with Crippen molar-refractivity contribution >= 4 is 0 Å². The highest BCUT2D eigenvalue weighted by Crippen LogP contribution is 2.17. The largest absolute Gasteiger partial charge is 0.396 e. The summed E-state index contributed by atoms with van der Waals surface area (Å²) in [5, 5.41) is 27.0. The third-order valence-corrected chi connectivity index (χ3v) is 2.04. The van der Waals surface area contributed by atoms with Crippen LogP contribution in [0.25, 0.3) is 0 Å². The standard InChI is InChI=1S/C9H18O3/c1-3-9(12,7-11)5-4-8(2)6-10/h3,8,10-12H,1,4-7H2,2H3. The minimum atomic E-state index is -1.18. The molecule has 2 unspecified atom stereocenters. The lowest BCUT2D eigenvalue weighted by molar-refractivity contribution is 0.0143. The van der Waals surface area contributed by atoms with E-state index in [4.69, 9.17) is 10.2 Å². The molecule has 0 aliphatic carbocycles. The predicted molar refractivity (Wildman–Crippen MR) is 47.7 cm³/mol. The Kier molecular flexibility index (Phi) is 5.13. The van der Waals surface area contributed by atoms with E-state index >= 15 is 0 Å². The van der Waals surface area contributed by atoms with Crippen LogP contribution >= 0.6 is 0 Å². The van der Waals surface area contributed by atoms with Crippen LogP contribution in [-0.4, -0.2) is 34.1 Å². The third kappa shape index (κ3) is 3.85. The summed E-state index contributed by atoms with van der Waals surface area (Å²) in [7, 11) is 0. The summed E-state index contributed by atoms with van der Waals surface area (Å²) in [6.45, 7) is 5.12. The van der Waals surface area contributed by atoms with Crippen LogP contribution in [0.2, 0.25) is 0 Å². The molecule has 0 heterocycles. The first kappa shape index (κ1) is 11.6. The molecule has 0 aromatic rings. The van der Waals surface area contributed by atoms with Gasteiger partial charge >= 0.3 is 0 Å². The molecule has 0 spiro atoms. The van der Waals surface area contributed by atoms with Crippen molar-refractivity contribution in [1.82, 2.24) is 0 Å². The Balaban J connectivity index is 3.80. The van der Waals surface area contributed by atoms with Crippen LogP contribution in [0.4, 0.5) is 0 Å². The molecular weight excluding hydrogens is 156 g/mol. The Bertz CT molecular complexity index is 136. The fourth-order valence-corrected chi connectivity index (χ4v) is 0.833. The Morgan fingerprint density at radius 1 is 1.50 bits per heavy atom. The lowest BCUT2D eigenvalue weighted by atomic mass is 9.94. The van der Waals surface area contributed by atoms with Crippen molar-refractivity contribution < 1.29 is 15.3 Å². The molecule has 0 radical (unpaired) electrons. The van der Waals surface area contributed by atoms with E-state index < -0.39 is 5.60 Å². The zero-order valence-electron chi connectivity index (χ0n) is 7.53. The molecule has 2 atom stereocenters. The van der Waals surface area contributed by atoms with E-state index in [1.54, 1.807) is 0 Å². The number of hydrogen-bond acceptors (Lipinski definition) is 3. The van der Waals surface area contributed by atoms with Crippen molar-refractivity contribution in [3.8, 4) is 0 Å². The smallest absolute Gasteiger partial charge is 0.105 e. The van der Waals surface area contributed by atoms with Crippen LogP contribution in [0, 0.1) is 5.92 Å². The first-order chi connectivity index (χ1) is 5.58. The molecule has 0 aliphatic heterocycles. The van der Waals surface area contributed by atoms with Crippen molar-refractivity contribution in [3.63, 3.8) is 0 Å². The lowest BCUT2D eigenvalue weighted by Gasteiger charge is -2.22. The summed E-state index contributed by atoms with van der Waals surface area (Å²) in [6, 6.07) is 0. The van der Waals surface area contributed by atoms with Gasteiger partial charge in [0, 0.05) is 6.61 Å². The van der Waals surface area contributed by atoms with E-state index in [1.807, 2.05) is 6.92 Å². The molecule has 0 bridgehead atoms. The fraction of sp³-hybridized carbons (Fsp3) is 0.778. The van der Waals surface area contributed by atoms with Gasteiger partial charge in [0.25, 0.3) is 0 Å². The zero-order chi connectivity index (χ0) is 9.61. The third-order valence-electron chi connectivity index (χ3n) is 2.04. The first-order valence-electron chi connectivity index (χ1n) is 4.15. The van der Waals surface area contributed by atoms with Gasteiger partial charge in [0.05, 0.1) is 6.61 Å². The molecule has 0 fully saturated rings. The highest BCUT2D eigenvalue weighted by Gasteiger charge is 2.21. The van der Waals surface area contributed by atoms with Gasteiger partial charge in [0.1, 0.15) is 5.60 Å². The van der Waals surface area contributed by atoms with Crippen LogP contribution in [0.5, 0.6) is 0 Å². The molecule has 0 saturated carbocycles. The molecule has 0 saturated heterocycles. The van der Waals surface area contributed by atoms with E-state index in [0.717, 1.165) is 0 Å². The van der Waals surface area contributed by atoms with Crippen molar-refractivity contribution in [2.45, 2.75) is 25.4 Å². The van der Waals surface area contributed by atoms with E-state index in [9.17, 15) is 5.11 Å². The van der Waals surface area contributed by atoms with Gasteiger partial charge in [-0.05, 0) is 18.8 Å². The second kappa shape index (κ2) is 5.30. The van der Waals surface area contributed by atoms with Gasteiger partial charge < -0.3 is 15.3 Å². The van der Waals surface area contributed by atoms with Crippen molar-refractivity contribution in [3.05, 3.63) is 12.7 Å². The molecule has 0 aromatic carbocycles. The molecular formula is C9H18O3. The van der Waals surface area contributed by atoms with E-state index in [2.05, 4.69) is 6.58 Å².